The van der Waals surface area contributed by atoms with Crippen LogP contribution in [0.15, 0.2) is 0 Å². The first-order valence-corrected chi connectivity index (χ1v) is 9.08. The molecule has 1 saturated carbocycles. The van der Waals surface area contributed by atoms with E-state index in [4.69, 9.17) is 5.73 Å². The average Bonchev–Trinajstić information content (AvgIpc) is 2.38. The van der Waals surface area contributed by atoms with Crippen LogP contribution in [0.1, 0.15) is 45.4 Å². The van der Waals surface area contributed by atoms with Crippen molar-refractivity contribution in [1.29, 1.82) is 0 Å². The Hall–Kier alpha value is -0.340. The van der Waals surface area contributed by atoms with Crippen LogP contribution in [0, 0.1) is 5.92 Å². The van der Waals surface area contributed by atoms with Gasteiger partial charge in [0.05, 0.1) is 5.75 Å². The van der Waals surface area contributed by atoms with E-state index in [0.29, 0.717) is 6.54 Å². The minimum Gasteiger partial charge on any atom is -0.330 e. The number of alkyl halides is 3. The highest BCUT2D eigenvalue weighted by Gasteiger charge is 2.35. The molecule has 2 atom stereocenters. The Kier molecular flexibility index (Phi) is 6.93. The molecule has 21 heavy (non-hydrogen) atoms. The van der Waals surface area contributed by atoms with Gasteiger partial charge in [-0.1, -0.05) is 19.8 Å². The van der Waals surface area contributed by atoms with Gasteiger partial charge in [0.25, 0.3) is 0 Å². The molecule has 2 N–H and O–H groups in total. The third kappa shape index (κ3) is 5.75. The van der Waals surface area contributed by atoms with Gasteiger partial charge in [-0.25, -0.2) is 8.42 Å². The number of hydrogen-bond acceptors (Lipinski definition) is 3. The Morgan fingerprint density at radius 1 is 1.24 bits per heavy atom. The van der Waals surface area contributed by atoms with Crippen molar-refractivity contribution in [3.8, 4) is 0 Å². The molecule has 0 aromatic rings. The maximum absolute atomic E-state index is 12.3. The predicted octanol–water partition coefficient (Wildman–Crippen LogP) is 2.50. The molecule has 0 aromatic heterocycles. The quantitative estimate of drug-likeness (QED) is 0.780. The minimum atomic E-state index is -4.31. The highest BCUT2D eigenvalue weighted by atomic mass is 32.2. The second-order valence-corrected chi connectivity index (χ2v) is 7.63. The van der Waals surface area contributed by atoms with Gasteiger partial charge in [-0.05, 0) is 31.7 Å². The zero-order valence-electron chi connectivity index (χ0n) is 12.4. The molecule has 1 aliphatic carbocycles. The summed E-state index contributed by atoms with van der Waals surface area (Å²) in [6, 6.07) is -0.162. The normalized spacial score (nSPS) is 24.5. The van der Waals surface area contributed by atoms with Gasteiger partial charge in [0.15, 0.2) is 0 Å². The summed E-state index contributed by atoms with van der Waals surface area (Å²) in [7, 11) is -3.66. The zero-order chi connectivity index (χ0) is 16.1. The van der Waals surface area contributed by atoms with Crippen LogP contribution in [0.2, 0.25) is 0 Å². The molecular formula is C13H25F3N2O2S. The topological polar surface area (TPSA) is 63.4 Å². The van der Waals surface area contributed by atoms with E-state index < -0.39 is 28.4 Å². The summed E-state index contributed by atoms with van der Waals surface area (Å²) < 4.78 is 62.5. The molecule has 0 spiro atoms. The number of hydrogen-bond donors (Lipinski definition) is 1. The first kappa shape index (κ1) is 18.7. The molecule has 0 saturated heterocycles. The lowest BCUT2D eigenvalue weighted by molar-refractivity contribution is -0.134. The zero-order valence-corrected chi connectivity index (χ0v) is 13.2. The maximum atomic E-state index is 12.3. The van der Waals surface area contributed by atoms with E-state index in [1.54, 1.807) is 6.92 Å². The van der Waals surface area contributed by atoms with Crippen LogP contribution in [-0.4, -0.2) is 43.8 Å². The third-order valence-electron chi connectivity index (χ3n) is 4.07. The second kappa shape index (κ2) is 7.78. The molecule has 1 aliphatic rings. The fourth-order valence-corrected chi connectivity index (χ4v) is 4.88. The number of sulfonamides is 1. The summed E-state index contributed by atoms with van der Waals surface area (Å²) >= 11 is 0. The minimum absolute atomic E-state index is 0.107. The molecule has 2 unspecified atom stereocenters. The van der Waals surface area contributed by atoms with Crippen molar-refractivity contribution in [2.75, 3.05) is 18.8 Å². The van der Waals surface area contributed by atoms with Crippen LogP contribution in [0.25, 0.3) is 0 Å². The van der Waals surface area contributed by atoms with Crippen LogP contribution < -0.4 is 5.73 Å². The smallest absolute Gasteiger partial charge is 0.330 e. The van der Waals surface area contributed by atoms with Gasteiger partial charge >= 0.3 is 6.18 Å². The van der Waals surface area contributed by atoms with Crippen molar-refractivity contribution in [1.82, 2.24) is 4.31 Å². The highest BCUT2D eigenvalue weighted by molar-refractivity contribution is 7.89. The van der Waals surface area contributed by atoms with Gasteiger partial charge in [-0.3, -0.25) is 0 Å². The highest BCUT2D eigenvalue weighted by Crippen LogP contribution is 2.30. The SMILES string of the molecule is CCN(C1CCCCC1CN)S(=O)(=O)CCCC(F)(F)F. The molecule has 0 amide bonds. The lowest BCUT2D eigenvalue weighted by Gasteiger charge is -2.38. The van der Waals surface area contributed by atoms with Crippen molar-refractivity contribution in [2.45, 2.75) is 57.7 Å². The first-order chi connectivity index (χ1) is 9.71. The van der Waals surface area contributed by atoms with Gasteiger partial charge in [0.2, 0.25) is 10.0 Å². The molecule has 8 heteroatoms. The lowest BCUT2D eigenvalue weighted by Crippen LogP contribution is -2.48. The summed E-state index contributed by atoms with van der Waals surface area (Å²) in [5.74, 6) is -0.343. The van der Waals surface area contributed by atoms with Crippen LogP contribution in [0.3, 0.4) is 0 Å². The van der Waals surface area contributed by atoms with Crippen molar-refractivity contribution in [3.63, 3.8) is 0 Å². The van der Waals surface area contributed by atoms with Crippen molar-refractivity contribution in [2.24, 2.45) is 11.7 Å². The Morgan fingerprint density at radius 3 is 2.38 bits per heavy atom. The fraction of sp³-hybridized carbons (Fsp3) is 1.00. The molecule has 126 valence electrons. The molecule has 0 bridgehead atoms. The predicted molar refractivity (Wildman–Crippen MR) is 76.3 cm³/mol. The molecule has 1 fully saturated rings. The summed E-state index contributed by atoms with van der Waals surface area (Å²) in [5.41, 5.74) is 5.72. The molecule has 0 aliphatic heterocycles. The van der Waals surface area contributed by atoms with Gasteiger partial charge in [-0.2, -0.15) is 17.5 Å². The number of nitrogens with two attached hydrogens (primary N) is 1. The Morgan fingerprint density at radius 2 is 1.86 bits per heavy atom. The molecule has 0 heterocycles. The first-order valence-electron chi connectivity index (χ1n) is 7.47. The molecule has 1 rings (SSSR count). The summed E-state index contributed by atoms with van der Waals surface area (Å²) in [6.45, 7) is 2.43. The van der Waals surface area contributed by atoms with E-state index in [9.17, 15) is 21.6 Å². The maximum Gasteiger partial charge on any atom is 0.389 e. The van der Waals surface area contributed by atoms with Gasteiger partial charge in [0.1, 0.15) is 0 Å². The van der Waals surface area contributed by atoms with Crippen LogP contribution in [-0.2, 0) is 10.0 Å². The lowest BCUT2D eigenvalue weighted by atomic mass is 9.84. The van der Waals surface area contributed by atoms with Crippen LogP contribution in [0.5, 0.6) is 0 Å². The van der Waals surface area contributed by atoms with E-state index in [0.717, 1.165) is 25.7 Å². The summed E-state index contributed by atoms with van der Waals surface area (Å²) in [5, 5.41) is 0. The van der Waals surface area contributed by atoms with E-state index in [-0.39, 0.29) is 24.9 Å². The number of nitrogens with zero attached hydrogens (tertiary/aromatic N) is 1. The molecule has 4 nitrogen and oxygen atoms in total. The van der Waals surface area contributed by atoms with Crippen molar-refractivity contribution >= 4 is 10.0 Å². The molecule has 0 aromatic carbocycles. The summed E-state index contributed by atoms with van der Waals surface area (Å²) in [6.07, 6.45) is -2.15. The van der Waals surface area contributed by atoms with E-state index in [1.807, 2.05) is 0 Å². The van der Waals surface area contributed by atoms with Crippen molar-refractivity contribution < 1.29 is 21.6 Å². The summed E-state index contributed by atoms with van der Waals surface area (Å²) in [4.78, 5) is 0. The Bertz CT molecular complexity index is 412. The number of rotatable bonds is 7. The van der Waals surface area contributed by atoms with Crippen LogP contribution in [0.4, 0.5) is 13.2 Å². The monoisotopic (exact) mass is 330 g/mol. The van der Waals surface area contributed by atoms with Gasteiger partial charge < -0.3 is 5.73 Å². The molecule has 0 radical (unpaired) electrons. The third-order valence-corrected chi connectivity index (χ3v) is 6.12. The fourth-order valence-electron chi connectivity index (χ4n) is 3.05. The van der Waals surface area contributed by atoms with E-state index >= 15 is 0 Å². The molecular weight excluding hydrogens is 305 g/mol. The second-order valence-electron chi connectivity index (χ2n) is 5.59. The van der Waals surface area contributed by atoms with E-state index in [2.05, 4.69) is 0 Å². The van der Waals surface area contributed by atoms with E-state index in [1.165, 1.54) is 4.31 Å². The van der Waals surface area contributed by atoms with Crippen LogP contribution >= 0.6 is 0 Å². The van der Waals surface area contributed by atoms with Gasteiger partial charge in [-0.15, -0.1) is 0 Å². The van der Waals surface area contributed by atoms with Crippen molar-refractivity contribution in [3.05, 3.63) is 0 Å². The average molecular weight is 330 g/mol. The van der Waals surface area contributed by atoms with Gasteiger partial charge in [0, 0.05) is 19.0 Å². The Balaban J connectivity index is 2.72. The number of halogens is 3. The standard InChI is InChI=1S/C13H25F3N2O2S/c1-2-18(12-7-4-3-6-11(12)10-17)21(19,20)9-5-8-13(14,15)16/h11-12H,2-10,17H2,1H3. The largest absolute Gasteiger partial charge is 0.389 e. The Labute approximate surface area is 124 Å².